The highest BCUT2D eigenvalue weighted by molar-refractivity contribution is 6.03. The summed E-state index contributed by atoms with van der Waals surface area (Å²) in [7, 11) is 0. The van der Waals surface area contributed by atoms with Gasteiger partial charge in [0, 0.05) is 11.3 Å². The smallest absolute Gasteiger partial charge is 0.361 e. The van der Waals surface area contributed by atoms with Crippen LogP contribution in [0.4, 0.5) is 24.5 Å². The molecule has 1 N–H and O–H groups in total. The summed E-state index contributed by atoms with van der Waals surface area (Å²) in [6.07, 6.45) is -2.34. The Kier molecular flexibility index (Phi) is 4.86. The largest absolute Gasteiger partial charge is 0.416 e. The molecular weight excluding hydrogens is 383 g/mol. The van der Waals surface area contributed by atoms with Gasteiger partial charge in [-0.15, -0.1) is 0 Å². The van der Waals surface area contributed by atoms with Crippen LogP contribution < -0.4 is 5.32 Å². The Labute approximate surface area is 154 Å². The number of nitro groups is 1. The Morgan fingerprint density at radius 2 is 2.14 bits per heavy atom. The maximum absolute atomic E-state index is 12.8. The number of carbonyl (C=O) groups excluding carboxylic acids is 1. The molecule has 2 heterocycles. The molecule has 0 saturated carbocycles. The third-order valence-electron chi connectivity index (χ3n) is 3.80. The molecule has 146 valence electrons. The molecule has 0 aliphatic rings. The number of carbonyl (C=O) groups is 1. The number of anilines is 1. The lowest BCUT2D eigenvalue weighted by atomic mass is 10.1. The normalized spacial score (nSPS) is 11.4. The summed E-state index contributed by atoms with van der Waals surface area (Å²) in [6.45, 7) is 1.48. The highest BCUT2D eigenvalue weighted by atomic mass is 19.4. The molecule has 0 aliphatic heterocycles. The SMILES string of the molecule is Cc1onc(C(=O)Nc2cccc(C(F)(F)F)c2)c1Cn1cc([N+](=O)[O-])cn1. The van der Waals surface area contributed by atoms with Gasteiger partial charge in [-0.3, -0.25) is 19.6 Å². The fourth-order valence-corrected chi connectivity index (χ4v) is 2.41. The number of alkyl halides is 3. The van der Waals surface area contributed by atoms with Crippen molar-refractivity contribution in [3.05, 3.63) is 69.4 Å². The molecule has 0 spiro atoms. The van der Waals surface area contributed by atoms with Gasteiger partial charge in [-0.05, 0) is 25.1 Å². The maximum atomic E-state index is 12.8. The predicted octanol–water partition coefficient (Wildman–Crippen LogP) is 3.41. The zero-order valence-corrected chi connectivity index (χ0v) is 14.2. The zero-order valence-electron chi connectivity index (χ0n) is 14.2. The van der Waals surface area contributed by atoms with E-state index in [0.29, 0.717) is 5.56 Å². The van der Waals surface area contributed by atoms with Crippen molar-refractivity contribution in [1.29, 1.82) is 0 Å². The summed E-state index contributed by atoms with van der Waals surface area (Å²) >= 11 is 0. The quantitative estimate of drug-likeness (QED) is 0.523. The molecular formula is C16H12F3N5O4. The van der Waals surface area contributed by atoms with Gasteiger partial charge in [0.25, 0.3) is 5.91 Å². The van der Waals surface area contributed by atoms with Crippen molar-refractivity contribution in [3.63, 3.8) is 0 Å². The van der Waals surface area contributed by atoms with Crippen LogP contribution in [0.1, 0.15) is 27.4 Å². The summed E-state index contributed by atoms with van der Waals surface area (Å²) < 4.78 is 44.6. The second-order valence-electron chi connectivity index (χ2n) is 5.75. The van der Waals surface area contributed by atoms with E-state index in [4.69, 9.17) is 4.52 Å². The molecule has 0 fully saturated rings. The Morgan fingerprint density at radius 1 is 1.39 bits per heavy atom. The van der Waals surface area contributed by atoms with E-state index in [0.717, 1.165) is 24.4 Å². The molecule has 1 aromatic carbocycles. The van der Waals surface area contributed by atoms with Crippen molar-refractivity contribution < 1.29 is 27.4 Å². The Morgan fingerprint density at radius 3 is 2.79 bits per heavy atom. The summed E-state index contributed by atoms with van der Waals surface area (Å²) in [4.78, 5) is 22.6. The van der Waals surface area contributed by atoms with Gasteiger partial charge in [0.15, 0.2) is 5.69 Å². The molecule has 3 aromatic rings. The lowest BCUT2D eigenvalue weighted by Crippen LogP contribution is -2.16. The second kappa shape index (κ2) is 7.13. The van der Waals surface area contributed by atoms with Crippen LogP contribution in [0.3, 0.4) is 0 Å². The van der Waals surface area contributed by atoms with E-state index in [9.17, 15) is 28.1 Å². The zero-order chi connectivity index (χ0) is 20.5. The van der Waals surface area contributed by atoms with E-state index >= 15 is 0 Å². The summed E-state index contributed by atoms with van der Waals surface area (Å²) in [5.41, 5.74) is -1.08. The van der Waals surface area contributed by atoms with Gasteiger partial charge in [-0.1, -0.05) is 11.2 Å². The number of nitrogens with one attached hydrogen (secondary N) is 1. The fourth-order valence-electron chi connectivity index (χ4n) is 2.41. The molecule has 0 atom stereocenters. The molecule has 0 radical (unpaired) electrons. The number of rotatable bonds is 5. The number of halogens is 3. The van der Waals surface area contributed by atoms with Crippen molar-refractivity contribution in [2.45, 2.75) is 19.6 Å². The Balaban J connectivity index is 1.82. The standard InChI is InChI=1S/C16H12F3N5O4/c1-9-13(8-23-7-12(6-20-23)24(26)27)14(22-28-9)15(25)21-11-4-2-3-10(5-11)16(17,18)19/h2-7H,8H2,1H3,(H,21,25). The molecule has 28 heavy (non-hydrogen) atoms. The van der Waals surface area contributed by atoms with Gasteiger partial charge in [0.05, 0.1) is 17.0 Å². The van der Waals surface area contributed by atoms with Crippen LogP contribution in [0.2, 0.25) is 0 Å². The van der Waals surface area contributed by atoms with Crippen LogP contribution in [0.15, 0.2) is 41.2 Å². The molecule has 1 amide bonds. The number of aromatic nitrogens is 3. The highest BCUT2D eigenvalue weighted by Crippen LogP contribution is 2.30. The van der Waals surface area contributed by atoms with E-state index in [1.54, 1.807) is 0 Å². The number of benzene rings is 1. The minimum Gasteiger partial charge on any atom is -0.361 e. The molecule has 0 bridgehead atoms. The number of hydrogen-bond donors (Lipinski definition) is 1. The lowest BCUT2D eigenvalue weighted by Gasteiger charge is -2.09. The van der Waals surface area contributed by atoms with E-state index in [2.05, 4.69) is 15.6 Å². The summed E-state index contributed by atoms with van der Waals surface area (Å²) in [5.74, 6) is -0.514. The van der Waals surface area contributed by atoms with Crippen molar-refractivity contribution in [3.8, 4) is 0 Å². The van der Waals surface area contributed by atoms with Crippen molar-refractivity contribution >= 4 is 17.3 Å². The molecule has 12 heteroatoms. The molecule has 2 aromatic heterocycles. The minimum absolute atomic E-state index is 0.0471. The van der Waals surface area contributed by atoms with Crippen molar-refractivity contribution in [2.24, 2.45) is 0 Å². The maximum Gasteiger partial charge on any atom is 0.416 e. The first-order valence-corrected chi connectivity index (χ1v) is 7.76. The first-order valence-electron chi connectivity index (χ1n) is 7.76. The predicted molar refractivity (Wildman–Crippen MR) is 88.6 cm³/mol. The van der Waals surface area contributed by atoms with Gasteiger partial charge in [0.2, 0.25) is 0 Å². The van der Waals surface area contributed by atoms with Gasteiger partial charge in [0.1, 0.15) is 18.2 Å². The van der Waals surface area contributed by atoms with Crippen molar-refractivity contribution in [1.82, 2.24) is 14.9 Å². The van der Waals surface area contributed by atoms with Crippen LogP contribution in [0, 0.1) is 17.0 Å². The monoisotopic (exact) mass is 395 g/mol. The molecule has 0 unspecified atom stereocenters. The van der Waals surface area contributed by atoms with E-state index < -0.39 is 22.6 Å². The van der Waals surface area contributed by atoms with Gasteiger partial charge in [-0.25, -0.2) is 0 Å². The summed E-state index contributed by atoms with van der Waals surface area (Å²) in [5, 5.41) is 20.5. The number of nitrogens with zero attached hydrogens (tertiary/aromatic N) is 4. The van der Waals surface area contributed by atoms with Gasteiger partial charge >= 0.3 is 11.9 Å². The Hall–Kier alpha value is -3.70. The van der Waals surface area contributed by atoms with Crippen molar-refractivity contribution in [2.75, 3.05) is 5.32 Å². The average molecular weight is 395 g/mol. The minimum atomic E-state index is -4.55. The molecule has 3 rings (SSSR count). The van der Waals surface area contributed by atoms with Crippen LogP contribution in [-0.2, 0) is 12.7 Å². The lowest BCUT2D eigenvalue weighted by molar-refractivity contribution is -0.385. The number of hydrogen-bond acceptors (Lipinski definition) is 6. The highest BCUT2D eigenvalue weighted by Gasteiger charge is 2.30. The van der Waals surface area contributed by atoms with Crippen LogP contribution in [0.5, 0.6) is 0 Å². The van der Waals surface area contributed by atoms with Gasteiger partial charge in [-0.2, -0.15) is 18.3 Å². The second-order valence-corrected chi connectivity index (χ2v) is 5.75. The fraction of sp³-hybridized carbons (Fsp3) is 0.188. The first-order chi connectivity index (χ1) is 13.1. The van der Waals surface area contributed by atoms with Crippen LogP contribution in [-0.4, -0.2) is 25.8 Å². The number of aryl methyl sites for hydroxylation is 1. The first kappa shape index (κ1) is 19.1. The van der Waals surface area contributed by atoms with Crippen LogP contribution >= 0.6 is 0 Å². The van der Waals surface area contributed by atoms with E-state index in [1.807, 2.05) is 0 Å². The topological polar surface area (TPSA) is 116 Å². The third kappa shape index (κ3) is 4.00. The third-order valence-corrected chi connectivity index (χ3v) is 3.80. The van der Waals surface area contributed by atoms with Gasteiger partial charge < -0.3 is 9.84 Å². The van der Waals surface area contributed by atoms with E-state index in [-0.39, 0.29) is 29.4 Å². The number of amides is 1. The molecule has 0 saturated heterocycles. The van der Waals surface area contributed by atoms with Crippen LogP contribution in [0.25, 0.3) is 0 Å². The van der Waals surface area contributed by atoms with E-state index in [1.165, 1.54) is 23.9 Å². The molecule has 0 aliphatic carbocycles. The Bertz CT molecular complexity index is 1040. The average Bonchev–Trinajstić information content (AvgIpc) is 3.22. The molecule has 9 nitrogen and oxygen atoms in total. The summed E-state index contributed by atoms with van der Waals surface area (Å²) in [6, 6.07) is 4.14.